The highest BCUT2D eigenvalue weighted by atomic mass is 16.3. The Morgan fingerprint density at radius 2 is 2.03 bits per heavy atom. The fourth-order valence-corrected chi connectivity index (χ4v) is 3.42. The molecule has 0 aliphatic carbocycles. The first-order valence-corrected chi connectivity index (χ1v) is 10.4. The number of benzene rings is 1. The van der Waals surface area contributed by atoms with Gasteiger partial charge in [-0.1, -0.05) is 31.5 Å². The van der Waals surface area contributed by atoms with Gasteiger partial charge in [0.15, 0.2) is 11.5 Å². The molecular weight excluding hydrogens is 380 g/mol. The molecule has 0 spiro atoms. The molecule has 1 aromatic carbocycles. The quantitative estimate of drug-likeness (QED) is 0.373. The molecule has 7 nitrogen and oxygen atoms in total. The third-order valence-corrected chi connectivity index (χ3v) is 4.94. The fourth-order valence-electron chi connectivity index (χ4n) is 3.42. The number of carbonyl (C=O) groups excluding carboxylic acids is 2. The number of amides is 2. The van der Waals surface area contributed by atoms with Gasteiger partial charge >= 0.3 is 0 Å². The molecule has 1 atom stereocenters. The van der Waals surface area contributed by atoms with Crippen LogP contribution in [0, 0.1) is 0 Å². The van der Waals surface area contributed by atoms with E-state index in [0.717, 1.165) is 47.3 Å². The summed E-state index contributed by atoms with van der Waals surface area (Å²) >= 11 is 0. The van der Waals surface area contributed by atoms with E-state index in [-0.39, 0.29) is 11.7 Å². The Kier molecular flexibility index (Phi) is 7.54. The van der Waals surface area contributed by atoms with Crippen LogP contribution in [0.25, 0.3) is 11.0 Å². The van der Waals surface area contributed by atoms with E-state index in [1.807, 2.05) is 37.3 Å². The zero-order valence-electron chi connectivity index (χ0n) is 17.5. The van der Waals surface area contributed by atoms with Gasteiger partial charge in [0.05, 0.1) is 0 Å². The van der Waals surface area contributed by atoms with Gasteiger partial charge in [-0.3, -0.25) is 14.5 Å². The summed E-state index contributed by atoms with van der Waals surface area (Å²) in [5.41, 5.74) is 1.04. The van der Waals surface area contributed by atoms with E-state index in [2.05, 4.69) is 22.2 Å². The molecule has 3 aromatic rings. The first-order valence-electron chi connectivity index (χ1n) is 10.4. The number of nitrogens with one attached hydrogen (secondary N) is 1. The summed E-state index contributed by atoms with van der Waals surface area (Å²) in [5.74, 6) is 0.885. The average molecular weight is 409 g/mol. The zero-order valence-corrected chi connectivity index (χ0v) is 17.5. The van der Waals surface area contributed by atoms with Crippen molar-refractivity contribution in [3.8, 4) is 0 Å². The lowest BCUT2D eigenvalue weighted by atomic mass is 10.1. The van der Waals surface area contributed by atoms with E-state index in [1.165, 1.54) is 12.4 Å². The number of hydrogen-bond acceptors (Lipinski definition) is 6. The van der Waals surface area contributed by atoms with Crippen molar-refractivity contribution in [3.63, 3.8) is 0 Å². The average Bonchev–Trinajstić information content (AvgIpc) is 3.17. The van der Waals surface area contributed by atoms with Crippen molar-refractivity contribution >= 4 is 29.1 Å². The van der Waals surface area contributed by atoms with Crippen LogP contribution in [0.2, 0.25) is 0 Å². The van der Waals surface area contributed by atoms with Crippen LogP contribution in [-0.4, -0.2) is 39.8 Å². The highest BCUT2D eigenvalue weighted by Gasteiger charge is 2.21. The largest absolute Gasteiger partial charge is 0.461 e. The van der Waals surface area contributed by atoms with Gasteiger partial charge in [-0.15, -0.1) is 0 Å². The monoisotopic (exact) mass is 408 g/mol. The van der Waals surface area contributed by atoms with Gasteiger partial charge in [-0.05, 0) is 38.3 Å². The molecule has 0 saturated heterocycles. The molecule has 0 aliphatic heterocycles. The number of para-hydroxylation sites is 1. The summed E-state index contributed by atoms with van der Waals surface area (Å²) in [5, 5.41) is 4.30. The summed E-state index contributed by atoms with van der Waals surface area (Å²) in [6.07, 6.45) is 7.77. The lowest BCUT2D eigenvalue weighted by Crippen LogP contribution is -2.32. The van der Waals surface area contributed by atoms with Crippen LogP contribution in [0.1, 0.15) is 55.8 Å². The highest BCUT2D eigenvalue weighted by Crippen LogP contribution is 2.20. The number of fused-ring (bicyclic) bond motifs is 1. The van der Waals surface area contributed by atoms with Crippen molar-refractivity contribution in [2.45, 2.75) is 52.0 Å². The van der Waals surface area contributed by atoms with E-state index in [4.69, 9.17) is 4.42 Å². The summed E-state index contributed by atoms with van der Waals surface area (Å²) < 4.78 is 5.81. The van der Waals surface area contributed by atoms with Crippen molar-refractivity contribution in [2.24, 2.45) is 0 Å². The Morgan fingerprint density at radius 3 is 2.80 bits per heavy atom. The van der Waals surface area contributed by atoms with Gasteiger partial charge in [0, 0.05) is 36.8 Å². The fraction of sp³-hybridized carbons (Fsp3) is 0.391. The van der Waals surface area contributed by atoms with E-state index in [9.17, 15) is 9.59 Å². The summed E-state index contributed by atoms with van der Waals surface area (Å²) in [6.45, 7) is 4.45. The van der Waals surface area contributed by atoms with Gasteiger partial charge in [0.25, 0.3) is 5.91 Å². The summed E-state index contributed by atoms with van der Waals surface area (Å²) in [7, 11) is 0. The minimum Gasteiger partial charge on any atom is -0.461 e. The third kappa shape index (κ3) is 5.43. The van der Waals surface area contributed by atoms with Crippen LogP contribution in [0.3, 0.4) is 0 Å². The van der Waals surface area contributed by atoms with E-state index in [0.29, 0.717) is 25.2 Å². The van der Waals surface area contributed by atoms with E-state index >= 15 is 0 Å². The SMILES string of the molecule is CCCC(C)Nc1nccnc1C(=O)N(C=O)CCCCc1cc2ccccc2o1. The molecule has 0 aliphatic rings. The third-order valence-electron chi connectivity index (χ3n) is 4.94. The molecular formula is C23H28N4O3. The Bertz CT molecular complexity index is 952. The number of imide groups is 1. The molecule has 7 heteroatoms. The molecule has 0 saturated carbocycles. The predicted octanol–water partition coefficient (Wildman–Crippen LogP) is 4.44. The topological polar surface area (TPSA) is 88.3 Å². The zero-order chi connectivity index (χ0) is 21.3. The normalized spacial score (nSPS) is 11.9. The van der Waals surface area contributed by atoms with Crippen molar-refractivity contribution in [1.29, 1.82) is 0 Å². The van der Waals surface area contributed by atoms with Crippen LogP contribution in [-0.2, 0) is 11.2 Å². The molecule has 2 heterocycles. The number of rotatable bonds is 11. The molecule has 1 N–H and O–H groups in total. The molecule has 3 rings (SSSR count). The van der Waals surface area contributed by atoms with Gasteiger partial charge in [0.1, 0.15) is 11.3 Å². The summed E-state index contributed by atoms with van der Waals surface area (Å²) in [6, 6.07) is 10.1. The van der Waals surface area contributed by atoms with Crippen LogP contribution in [0.4, 0.5) is 5.82 Å². The molecule has 0 radical (unpaired) electrons. The number of aryl methyl sites for hydroxylation is 1. The maximum atomic E-state index is 12.9. The minimum atomic E-state index is -0.437. The standard InChI is InChI=1S/C23H28N4O3/c1-3-8-17(2)26-22-21(24-12-13-25-22)23(29)27(16-28)14-7-6-10-19-15-18-9-4-5-11-20(18)30-19/h4-5,9,11-13,15-17H,3,6-8,10,14H2,1-2H3,(H,25,26). The number of nitrogens with zero attached hydrogens (tertiary/aromatic N) is 3. The molecule has 0 fully saturated rings. The van der Waals surface area contributed by atoms with Crippen molar-refractivity contribution in [3.05, 3.63) is 54.2 Å². The maximum Gasteiger partial charge on any atom is 0.282 e. The number of aromatic nitrogens is 2. The molecule has 2 amide bonds. The number of furan rings is 1. The second-order valence-electron chi connectivity index (χ2n) is 7.40. The molecule has 1 unspecified atom stereocenters. The number of hydrogen-bond donors (Lipinski definition) is 1. The van der Waals surface area contributed by atoms with Crippen molar-refractivity contribution in [1.82, 2.24) is 14.9 Å². The second-order valence-corrected chi connectivity index (χ2v) is 7.40. The van der Waals surface area contributed by atoms with Crippen molar-refractivity contribution < 1.29 is 14.0 Å². The number of unbranched alkanes of at least 4 members (excludes halogenated alkanes) is 1. The smallest absolute Gasteiger partial charge is 0.282 e. The molecule has 0 bridgehead atoms. The van der Waals surface area contributed by atoms with Crippen LogP contribution in [0.5, 0.6) is 0 Å². The summed E-state index contributed by atoms with van der Waals surface area (Å²) in [4.78, 5) is 34.0. The van der Waals surface area contributed by atoms with Crippen LogP contribution >= 0.6 is 0 Å². The van der Waals surface area contributed by atoms with E-state index < -0.39 is 5.91 Å². The first-order chi connectivity index (χ1) is 14.6. The molecule has 158 valence electrons. The highest BCUT2D eigenvalue weighted by molar-refractivity contribution is 6.01. The molecule has 30 heavy (non-hydrogen) atoms. The van der Waals surface area contributed by atoms with Crippen LogP contribution in [0.15, 0.2) is 47.1 Å². The Morgan fingerprint density at radius 1 is 1.23 bits per heavy atom. The Balaban J connectivity index is 1.56. The lowest BCUT2D eigenvalue weighted by molar-refractivity contribution is -0.116. The van der Waals surface area contributed by atoms with Gasteiger partial charge in [-0.2, -0.15) is 0 Å². The van der Waals surface area contributed by atoms with Crippen molar-refractivity contribution in [2.75, 3.05) is 11.9 Å². The molecule has 2 aromatic heterocycles. The minimum absolute atomic E-state index is 0.159. The Hall–Kier alpha value is -3.22. The number of anilines is 1. The number of carbonyl (C=O) groups is 2. The van der Waals surface area contributed by atoms with Gasteiger partial charge in [0.2, 0.25) is 6.41 Å². The van der Waals surface area contributed by atoms with Gasteiger partial charge < -0.3 is 9.73 Å². The van der Waals surface area contributed by atoms with Crippen LogP contribution < -0.4 is 5.32 Å². The first kappa shape index (κ1) is 21.5. The lowest BCUT2D eigenvalue weighted by Gasteiger charge is -2.18. The van der Waals surface area contributed by atoms with E-state index in [1.54, 1.807) is 0 Å². The maximum absolute atomic E-state index is 12.9. The van der Waals surface area contributed by atoms with Gasteiger partial charge in [-0.25, -0.2) is 9.97 Å². The predicted molar refractivity (Wildman–Crippen MR) is 116 cm³/mol. The Labute approximate surface area is 176 Å². The second kappa shape index (κ2) is 10.5.